The van der Waals surface area contributed by atoms with Gasteiger partial charge in [-0.05, 0) is 19.1 Å². The van der Waals surface area contributed by atoms with Gasteiger partial charge in [-0.3, -0.25) is 9.89 Å². The third-order valence-corrected chi connectivity index (χ3v) is 4.06. The second kappa shape index (κ2) is 6.62. The lowest BCUT2D eigenvalue weighted by Crippen LogP contribution is -2.27. The smallest absolute Gasteiger partial charge is 0.294 e. The third-order valence-electron chi connectivity index (χ3n) is 2.99. The number of aryl methyl sites for hydroxylation is 1. The average Bonchev–Trinajstić information content (AvgIpc) is 2.73. The van der Waals surface area contributed by atoms with Gasteiger partial charge in [0.05, 0.1) is 5.69 Å². The van der Waals surface area contributed by atoms with Crippen LogP contribution < -0.4 is 5.56 Å². The van der Waals surface area contributed by atoms with E-state index in [1.165, 1.54) is 19.1 Å². The molecule has 0 radical (unpaired) electrons. The van der Waals surface area contributed by atoms with Crippen molar-refractivity contribution in [3.63, 3.8) is 0 Å². The van der Waals surface area contributed by atoms with Gasteiger partial charge in [-0.25, -0.2) is 4.68 Å². The topological polar surface area (TPSA) is 37.8 Å². The summed E-state index contributed by atoms with van der Waals surface area (Å²) < 4.78 is 89.8. The molecule has 2 aromatic rings. The molecule has 0 spiro atoms. The standard InChI is InChI=1S/C14H9F7N2OS/c1-7-9(12(24)23(22-7)8-5-3-2-4-6-8)25-11(15)10(13(16,17)18)14(19,20)21/h2-6,22H,1H3. The molecule has 0 atom stereocenters. The molecule has 0 fully saturated rings. The van der Waals surface area contributed by atoms with Gasteiger partial charge in [0, 0.05) is 5.69 Å². The van der Waals surface area contributed by atoms with Crippen LogP contribution in [0.5, 0.6) is 0 Å². The van der Waals surface area contributed by atoms with Gasteiger partial charge in [0.15, 0.2) is 10.7 Å². The quantitative estimate of drug-likeness (QED) is 0.604. The summed E-state index contributed by atoms with van der Waals surface area (Å²) >= 11 is -0.517. The lowest BCUT2D eigenvalue weighted by Gasteiger charge is -2.15. The Morgan fingerprint density at radius 2 is 1.56 bits per heavy atom. The number of benzene rings is 1. The molecule has 1 N–H and O–H groups in total. The number of aromatic amines is 1. The van der Waals surface area contributed by atoms with Crippen molar-refractivity contribution in [1.82, 2.24) is 9.78 Å². The van der Waals surface area contributed by atoms with Crippen LogP contribution in [-0.4, -0.2) is 22.1 Å². The minimum Gasteiger partial charge on any atom is -0.294 e. The maximum atomic E-state index is 13.8. The number of thioether (sulfide) groups is 1. The fourth-order valence-corrected chi connectivity index (χ4v) is 2.82. The molecule has 0 unspecified atom stereocenters. The number of aromatic nitrogens is 2. The van der Waals surface area contributed by atoms with Crippen LogP contribution in [0.1, 0.15) is 5.69 Å². The van der Waals surface area contributed by atoms with Crippen molar-refractivity contribution in [3.8, 4) is 5.69 Å². The van der Waals surface area contributed by atoms with E-state index in [1.807, 2.05) is 0 Å². The van der Waals surface area contributed by atoms with Crippen LogP contribution in [0.3, 0.4) is 0 Å². The number of halogens is 7. The molecule has 11 heteroatoms. The molecule has 0 saturated carbocycles. The number of alkyl halides is 6. The van der Waals surface area contributed by atoms with Crippen LogP contribution in [0, 0.1) is 6.92 Å². The zero-order valence-electron chi connectivity index (χ0n) is 12.3. The molecule has 136 valence electrons. The molecule has 0 aliphatic carbocycles. The Labute approximate surface area is 140 Å². The van der Waals surface area contributed by atoms with Crippen molar-refractivity contribution in [2.75, 3.05) is 0 Å². The average molecular weight is 386 g/mol. The lowest BCUT2D eigenvalue weighted by molar-refractivity contribution is -0.173. The van der Waals surface area contributed by atoms with E-state index < -0.39 is 45.3 Å². The maximum absolute atomic E-state index is 13.8. The van der Waals surface area contributed by atoms with E-state index in [0.717, 1.165) is 4.68 Å². The molecule has 1 heterocycles. The van der Waals surface area contributed by atoms with Crippen molar-refractivity contribution in [2.45, 2.75) is 24.2 Å². The van der Waals surface area contributed by atoms with E-state index >= 15 is 0 Å². The fraction of sp³-hybridized carbons (Fsp3) is 0.214. The fourth-order valence-electron chi connectivity index (χ4n) is 1.93. The third kappa shape index (κ3) is 4.09. The largest absolute Gasteiger partial charge is 0.424 e. The van der Waals surface area contributed by atoms with Crippen LogP contribution in [0.2, 0.25) is 0 Å². The van der Waals surface area contributed by atoms with Crippen molar-refractivity contribution in [3.05, 3.63) is 57.1 Å². The van der Waals surface area contributed by atoms with Gasteiger partial charge >= 0.3 is 12.4 Å². The SMILES string of the molecule is Cc1[nH]n(-c2ccccc2)c(=O)c1SC(F)=C(C(F)(F)F)C(F)(F)F. The van der Waals surface area contributed by atoms with Crippen molar-refractivity contribution in [2.24, 2.45) is 0 Å². The summed E-state index contributed by atoms with van der Waals surface area (Å²) in [7, 11) is 0. The molecule has 3 nitrogen and oxygen atoms in total. The van der Waals surface area contributed by atoms with Crippen LogP contribution in [0.25, 0.3) is 5.69 Å². The zero-order chi connectivity index (χ0) is 19.0. The summed E-state index contributed by atoms with van der Waals surface area (Å²) in [6.45, 7) is 1.23. The second-order valence-corrected chi connectivity index (χ2v) is 5.76. The number of H-pyrrole nitrogens is 1. The Kier molecular flexibility index (Phi) is 5.07. The highest BCUT2D eigenvalue weighted by atomic mass is 32.2. The second-order valence-electron chi connectivity index (χ2n) is 4.79. The Bertz CT molecular complexity index is 831. The number of hydrogen-bond donors (Lipinski definition) is 1. The van der Waals surface area contributed by atoms with Gasteiger partial charge in [-0.1, -0.05) is 30.0 Å². The molecular weight excluding hydrogens is 377 g/mol. The van der Waals surface area contributed by atoms with Gasteiger partial charge < -0.3 is 0 Å². The predicted octanol–water partition coefficient (Wildman–Crippen LogP) is 4.87. The molecule has 0 aliphatic heterocycles. The zero-order valence-corrected chi connectivity index (χ0v) is 13.1. The highest BCUT2D eigenvalue weighted by molar-refractivity contribution is 8.03. The van der Waals surface area contributed by atoms with E-state index in [9.17, 15) is 35.5 Å². The summed E-state index contributed by atoms with van der Waals surface area (Å²) in [5.74, 6) is 0. The highest BCUT2D eigenvalue weighted by Crippen LogP contribution is 2.45. The van der Waals surface area contributed by atoms with Crippen LogP contribution in [0.4, 0.5) is 30.7 Å². The molecule has 0 amide bonds. The van der Waals surface area contributed by atoms with Crippen LogP contribution in [-0.2, 0) is 0 Å². The number of allylic oxidation sites excluding steroid dienone is 1. The first-order valence-electron chi connectivity index (χ1n) is 6.52. The molecule has 1 aromatic carbocycles. The van der Waals surface area contributed by atoms with Gasteiger partial charge in [-0.15, -0.1) is 0 Å². The van der Waals surface area contributed by atoms with Gasteiger partial charge in [0.25, 0.3) is 5.56 Å². The first-order valence-corrected chi connectivity index (χ1v) is 7.33. The van der Waals surface area contributed by atoms with Gasteiger partial charge in [0.1, 0.15) is 4.90 Å². The molecule has 1 aromatic heterocycles. The lowest BCUT2D eigenvalue weighted by atomic mass is 10.3. The predicted molar refractivity (Wildman–Crippen MR) is 77.2 cm³/mol. The summed E-state index contributed by atoms with van der Waals surface area (Å²) in [6.07, 6.45) is -11.9. The van der Waals surface area contributed by atoms with E-state index in [1.54, 1.807) is 18.2 Å². The first kappa shape index (κ1) is 19.2. The minimum absolute atomic E-state index is 0.0716. The molecular formula is C14H9F7N2OS. The number of hydrogen-bond acceptors (Lipinski definition) is 2. The normalized spacial score (nSPS) is 12.3. The van der Waals surface area contributed by atoms with Gasteiger partial charge in [-0.2, -0.15) is 30.7 Å². The summed E-state index contributed by atoms with van der Waals surface area (Å²) in [4.78, 5) is 11.6. The molecule has 0 saturated heterocycles. The Morgan fingerprint density at radius 3 is 2.04 bits per heavy atom. The van der Waals surface area contributed by atoms with E-state index in [2.05, 4.69) is 5.10 Å². The number of nitrogens with zero attached hydrogens (tertiary/aromatic N) is 1. The van der Waals surface area contributed by atoms with E-state index in [0.29, 0.717) is 5.69 Å². The first-order chi connectivity index (χ1) is 11.4. The Balaban J connectivity index is 2.52. The minimum atomic E-state index is -5.95. The number of nitrogens with one attached hydrogen (secondary N) is 1. The van der Waals surface area contributed by atoms with E-state index in [-0.39, 0.29) is 5.69 Å². The molecule has 0 aliphatic rings. The monoisotopic (exact) mass is 386 g/mol. The van der Waals surface area contributed by atoms with Crippen LogP contribution >= 0.6 is 11.8 Å². The molecule has 0 bridgehead atoms. The molecule has 25 heavy (non-hydrogen) atoms. The van der Waals surface area contributed by atoms with Gasteiger partial charge in [0.2, 0.25) is 0 Å². The van der Waals surface area contributed by atoms with E-state index in [4.69, 9.17) is 0 Å². The van der Waals surface area contributed by atoms with Crippen molar-refractivity contribution < 1.29 is 30.7 Å². The van der Waals surface area contributed by atoms with Crippen molar-refractivity contribution >= 4 is 11.8 Å². The number of rotatable bonds is 3. The van der Waals surface area contributed by atoms with Crippen molar-refractivity contribution in [1.29, 1.82) is 0 Å². The number of para-hydroxylation sites is 1. The Hall–Kier alpha value is -2.17. The summed E-state index contributed by atoms with van der Waals surface area (Å²) in [5, 5.41) is -0.0596. The van der Waals surface area contributed by atoms with Crippen LogP contribution in [0.15, 0.2) is 50.8 Å². The Morgan fingerprint density at radius 1 is 1.04 bits per heavy atom. The molecule has 2 rings (SSSR count). The summed E-state index contributed by atoms with van der Waals surface area (Å²) in [6, 6.07) is 7.73. The highest BCUT2D eigenvalue weighted by Gasteiger charge is 2.54. The maximum Gasteiger partial charge on any atom is 0.424 e. The summed E-state index contributed by atoms with van der Waals surface area (Å²) in [5.41, 5.74) is -4.03.